The molecular weight excluding hydrogens is 224 g/mol. The molecule has 7 nitrogen and oxygen atoms in total. The quantitative estimate of drug-likeness (QED) is 0.609. The molecule has 4 N–H and O–H groups in total. The van der Waals surface area contributed by atoms with Gasteiger partial charge in [0, 0.05) is 12.4 Å². The standard InChI is InChI=1S/C10H14N4O3/c11-3-1-2-7(10(16)17)14-9(15)8-6-12-4-5-13-8/h4-7H,1-3,11H2,(H,14,15)(H,16,17). The first-order valence-corrected chi connectivity index (χ1v) is 5.15. The van der Waals surface area contributed by atoms with Gasteiger partial charge in [-0.25, -0.2) is 9.78 Å². The Kier molecular flexibility index (Phi) is 5.02. The lowest BCUT2D eigenvalue weighted by atomic mass is 10.1. The number of aromatic nitrogens is 2. The summed E-state index contributed by atoms with van der Waals surface area (Å²) in [5.41, 5.74) is 5.38. The predicted octanol–water partition coefficient (Wildman–Crippen LogP) is -0.602. The number of rotatable bonds is 6. The SMILES string of the molecule is NCCCC(NC(=O)c1cnccn1)C(=O)O. The van der Waals surface area contributed by atoms with Crippen molar-refractivity contribution in [1.29, 1.82) is 0 Å². The van der Waals surface area contributed by atoms with Gasteiger partial charge in [-0.05, 0) is 19.4 Å². The smallest absolute Gasteiger partial charge is 0.326 e. The normalized spacial score (nSPS) is 11.8. The molecule has 0 radical (unpaired) electrons. The summed E-state index contributed by atoms with van der Waals surface area (Å²) < 4.78 is 0. The van der Waals surface area contributed by atoms with E-state index in [2.05, 4.69) is 15.3 Å². The highest BCUT2D eigenvalue weighted by Crippen LogP contribution is 1.99. The lowest BCUT2D eigenvalue weighted by Gasteiger charge is -2.13. The van der Waals surface area contributed by atoms with Crippen LogP contribution in [0.1, 0.15) is 23.3 Å². The average molecular weight is 238 g/mol. The fourth-order valence-electron chi connectivity index (χ4n) is 1.23. The number of nitrogens with zero attached hydrogens (tertiary/aromatic N) is 2. The van der Waals surface area contributed by atoms with Gasteiger partial charge in [-0.1, -0.05) is 0 Å². The summed E-state index contributed by atoms with van der Waals surface area (Å²) in [6, 6.07) is -0.951. The van der Waals surface area contributed by atoms with Crippen LogP contribution < -0.4 is 11.1 Å². The van der Waals surface area contributed by atoms with Gasteiger partial charge < -0.3 is 16.2 Å². The second-order valence-electron chi connectivity index (χ2n) is 3.39. The summed E-state index contributed by atoms with van der Waals surface area (Å²) in [5.74, 6) is -1.64. The molecule has 17 heavy (non-hydrogen) atoms. The molecule has 0 saturated heterocycles. The number of amides is 1. The number of nitrogens with two attached hydrogens (primary N) is 1. The van der Waals surface area contributed by atoms with Crippen molar-refractivity contribution in [2.75, 3.05) is 6.54 Å². The van der Waals surface area contributed by atoms with Crippen molar-refractivity contribution < 1.29 is 14.7 Å². The second kappa shape index (κ2) is 6.54. The lowest BCUT2D eigenvalue weighted by molar-refractivity contribution is -0.139. The molecule has 7 heteroatoms. The zero-order valence-corrected chi connectivity index (χ0v) is 9.17. The van der Waals surface area contributed by atoms with Crippen molar-refractivity contribution in [2.45, 2.75) is 18.9 Å². The number of aliphatic carboxylic acids is 1. The van der Waals surface area contributed by atoms with Crippen LogP contribution in [-0.2, 0) is 4.79 Å². The molecule has 1 amide bonds. The highest BCUT2D eigenvalue weighted by Gasteiger charge is 2.20. The van der Waals surface area contributed by atoms with Crippen LogP contribution in [0.25, 0.3) is 0 Å². The first kappa shape index (κ1) is 13.0. The summed E-state index contributed by atoms with van der Waals surface area (Å²) in [7, 11) is 0. The summed E-state index contributed by atoms with van der Waals surface area (Å²) >= 11 is 0. The van der Waals surface area contributed by atoms with Crippen molar-refractivity contribution in [3.05, 3.63) is 24.3 Å². The minimum atomic E-state index is -1.09. The number of hydrogen-bond donors (Lipinski definition) is 3. The number of carboxylic acids is 1. The van der Waals surface area contributed by atoms with Crippen molar-refractivity contribution in [1.82, 2.24) is 15.3 Å². The number of carboxylic acid groups (broad SMARTS) is 1. The van der Waals surface area contributed by atoms with Crippen LogP contribution in [0, 0.1) is 0 Å². The van der Waals surface area contributed by atoms with E-state index in [9.17, 15) is 9.59 Å². The van der Waals surface area contributed by atoms with Crippen LogP contribution in [0.3, 0.4) is 0 Å². The summed E-state index contributed by atoms with van der Waals surface area (Å²) in [6.07, 6.45) is 4.89. The first-order chi connectivity index (χ1) is 8.15. The molecule has 1 aromatic rings. The van der Waals surface area contributed by atoms with Gasteiger partial charge in [-0.15, -0.1) is 0 Å². The Morgan fingerprint density at radius 2 is 2.24 bits per heavy atom. The molecule has 1 atom stereocenters. The monoisotopic (exact) mass is 238 g/mol. The van der Waals surface area contributed by atoms with Gasteiger partial charge in [0.15, 0.2) is 0 Å². The highest BCUT2D eigenvalue weighted by molar-refractivity contribution is 5.94. The van der Waals surface area contributed by atoms with Crippen LogP contribution in [0.15, 0.2) is 18.6 Å². The van der Waals surface area contributed by atoms with Gasteiger partial charge in [-0.3, -0.25) is 9.78 Å². The molecule has 1 rings (SSSR count). The Bertz CT molecular complexity index is 382. The minimum Gasteiger partial charge on any atom is -0.480 e. The van der Waals surface area contributed by atoms with E-state index >= 15 is 0 Å². The summed E-state index contributed by atoms with van der Waals surface area (Å²) in [4.78, 5) is 30.0. The van der Waals surface area contributed by atoms with E-state index in [-0.39, 0.29) is 12.1 Å². The van der Waals surface area contributed by atoms with Crippen LogP contribution in [0.4, 0.5) is 0 Å². The molecule has 0 aromatic carbocycles. The van der Waals surface area contributed by atoms with E-state index in [1.165, 1.54) is 18.6 Å². The van der Waals surface area contributed by atoms with Gasteiger partial charge in [0.2, 0.25) is 0 Å². The van der Waals surface area contributed by atoms with Crippen molar-refractivity contribution in [2.24, 2.45) is 5.73 Å². The minimum absolute atomic E-state index is 0.0894. The molecule has 1 heterocycles. The van der Waals surface area contributed by atoms with E-state index in [0.717, 1.165) is 0 Å². The molecule has 0 spiro atoms. The van der Waals surface area contributed by atoms with Gasteiger partial charge >= 0.3 is 5.97 Å². The average Bonchev–Trinajstić information content (AvgIpc) is 2.35. The Balaban J connectivity index is 2.61. The largest absolute Gasteiger partial charge is 0.480 e. The molecule has 0 aliphatic carbocycles. The molecular formula is C10H14N4O3. The van der Waals surface area contributed by atoms with E-state index in [0.29, 0.717) is 13.0 Å². The number of carbonyl (C=O) groups is 2. The van der Waals surface area contributed by atoms with Crippen LogP contribution in [0.2, 0.25) is 0 Å². The van der Waals surface area contributed by atoms with Crippen LogP contribution in [-0.4, -0.2) is 39.5 Å². The van der Waals surface area contributed by atoms with E-state index in [4.69, 9.17) is 10.8 Å². The predicted molar refractivity (Wildman–Crippen MR) is 59.2 cm³/mol. The molecule has 0 aliphatic rings. The van der Waals surface area contributed by atoms with Gasteiger partial charge in [0.25, 0.3) is 5.91 Å². The zero-order valence-electron chi connectivity index (χ0n) is 9.17. The summed E-state index contributed by atoms with van der Waals surface area (Å²) in [6.45, 7) is 0.380. The van der Waals surface area contributed by atoms with E-state index in [1.807, 2.05) is 0 Å². The molecule has 0 fully saturated rings. The van der Waals surface area contributed by atoms with Crippen molar-refractivity contribution >= 4 is 11.9 Å². The van der Waals surface area contributed by atoms with Gasteiger partial charge in [0.1, 0.15) is 11.7 Å². The van der Waals surface area contributed by atoms with Crippen LogP contribution >= 0.6 is 0 Å². The first-order valence-electron chi connectivity index (χ1n) is 5.15. The number of carbonyl (C=O) groups excluding carboxylic acids is 1. The molecule has 0 aliphatic heterocycles. The number of nitrogens with one attached hydrogen (secondary N) is 1. The molecule has 0 bridgehead atoms. The Labute approximate surface area is 98.1 Å². The van der Waals surface area contributed by atoms with Gasteiger partial charge in [-0.2, -0.15) is 0 Å². The van der Waals surface area contributed by atoms with Gasteiger partial charge in [0.05, 0.1) is 6.20 Å². The van der Waals surface area contributed by atoms with Crippen molar-refractivity contribution in [3.8, 4) is 0 Å². The Morgan fingerprint density at radius 1 is 1.47 bits per heavy atom. The van der Waals surface area contributed by atoms with E-state index in [1.54, 1.807) is 0 Å². The third-order valence-electron chi connectivity index (χ3n) is 2.10. The Hall–Kier alpha value is -2.02. The summed E-state index contributed by atoms with van der Waals surface area (Å²) in [5, 5.41) is 11.3. The maximum Gasteiger partial charge on any atom is 0.326 e. The Morgan fingerprint density at radius 3 is 2.76 bits per heavy atom. The zero-order chi connectivity index (χ0) is 12.7. The van der Waals surface area contributed by atoms with Crippen molar-refractivity contribution in [3.63, 3.8) is 0 Å². The maximum absolute atomic E-state index is 11.6. The fourth-order valence-corrected chi connectivity index (χ4v) is 1.23. The lowest BCUT2D eigenvalue weighted by Crippen LogP contribution is -2.41. The van der Waals surface area contributed by atoms with Crippen LogP contribution in [0.5, 0.6) is 0 Å². The maximum atomic E-state index is 11.6. The molecule has 1 unspecified atom stereocenters. The number of hydrogen-bond acceptors (Lipinski definition) is 5. The molecule has 1 aromatic heterocycles. The third-order valence-corrected chi connectivity index (χ3v) is 2.10. The van der Waals surface area contributed by atoms with E-state index < -0.39 is 17.9 Å². The highest BCUT2D eigenvalue weighted by atomic mass is 16.4. The topological polar surface area (TPSA) is 118 Å². The third kappa shape index (κ3) is 4.15. The second-order valence-corrected chi connectivity index (χ2v) is 3.39. The molecule has 0 saturated carbocycles. The fraction of sp³-hybridized carbons (Fsp3) is 0.400. The molecule has 92 valence electrons.